The second-order valence-corrected chi connectivity index (χ2v) is 22.6. The van der Waals surface area contributed by atoms with Gasteiger partial charge in [-0.2, -0.15) is 0 Å². The molecule has 0 aromatic heterocycles. The Kier molecular flexibility index (Phi) is 20.5. The summed E-state index contributed by atoms with van der Waals surface area (Å²) >= 11 is 0. The molecule has 2 N–H and O–H groups in total. The molecule has 4 atom stereocenters. The van der Waals surface area contributed by atoms with Gasteiger partial charge >= 0.3 is 0 Å². The molecule has 0 saturated heterocycles. The van der Waals surface area contributed by atoms with E-state index >= 15 is 0 Å². The minimum absolute atomic E-state index is 0.00382. The van der Waals surface area contributed by atoms with E-state index in [1.165, 1.54) is 12.8 Å². The molecule has 0 saturated carbocycles. The third-order valence-corrected chi connectivity index (χ3v) is 16.4. The van der Waals surface area contributed by atoms with Crippen LogP contribution in [0.15, 0.2) is 84.9 Å². The van der Waals surface area contributed by atoms with Crippen molar-refractivity contribution in [2.24, 2.45) is 23.7 Å². The first-order valence-electron chi connectivity index (χ1n) is 25.3. The highest BCUT2D eigenvalue weighted by atomic mass is 32.2. The fourth-order valence-electron chi connectivity index (χ4n) is 10.6. The highest BCUT2D eigenvalue weighted by molar-refractivity contribution is 7.93. The lowest BCUT2D eigenvalue weighted by Crippen LogP contribution is -2.26. The van der Waals surface area contributed by atoms with E-state index in [1.54, 1.807) is 84.9 Å². The number of carbonyl (C=O) groups excluding carboxylic acids is 2. The molecule has 5 rings (SSSR count). The molecule has 0 fully saturated rings. The Morgan fingerprint density at radius 2 is 0.712 bits per heavy atom. The summed E-state index contributed by atoms with van der Waals surface area (Å²) in [5.74, 6) is 0.253. The van der Waals surface area contributed by atoms with E-state index in [4.69, 9.17) is 0 Å². The van der Waals surface area contributed by atoms with Crippen molar-refractivity contribution < 1.29 is 26.4 Å². The van der Waals surface area contributed by atoms with E-state index in [2.05, 4.69) is 51.0 Å². The van der Waals surface area contributed by atoms with Crippen LogP contribution in [0, 0.1) is 23.7 Å². The van der Waals surface area contributed by atoms with Crippen molar-refractivity contribution in [3.8, 4) is 22.3 Å². The first-order chi connectivity index (χ1) is 31.8. The number of ketones is 2. The Bertz CT molecular complexity index is 2260. The van der Waals surface area contributed by atoms with Gasteiger partial charge in [0.15, 0.2) is 11.6 Å². The van der Waals surface area contributed by atoms with Gasteiger partial charge in [0.1, 0.15) is 0 Å². The summed E-state index contributed by atoms with van der Waals surface area (Å²) in [7, 11) is -7.67. The average molecular weight is 939 g/mol. The number of sulfonamides is 2. The fourth-order valence-corrected chi connectivity index (χ4v) is 13.6. The van der Waals surface area contributed by atoms with E-state index in [0.717, 1.165) is 103 Å². The Labute approximate surface area is 398 Å². The maximum atomic E-state index is 14.8. The van der Waals surface area contributed by atoms with Crippen LogP contribution < -0.4 is 9.44 Å². The molecule has 1 aliphatic carbocycles. The van der Waals surface area contributed by atoms with E-state index in [1.807, 2.05) is 0 Å². The Morgan fingerprint density at radius 3 is 1.06 bits per heavy atom. The second kappa shape index (κ2) is 25.7. The molecule has 4 aromatic carbocycles. The van der Waals surface area contributed by atoms with E-state index in [0.29, 0.717) is 45.5 Å². The Hall–Kier alpha value is -4.28. The molecule has 66 heavy (non-hydrogen) atoms. The van der Waals surface area contributed by atoms with Crippen LogP contribution in [0.1, 0.15) is 189 Å². The van der Waals surface area contributed by atoms with Crippen LogP contribution in [0.2, 0.25) is 0 Å². The number of fused-ring (bicyclic) bond motifs is 2. The molecule has 0 aliphatic heterocycles. The first-order valence-corrected chi connectivity index (χ1v) is 28.6. The minimum atomic E-state index is -3.84. The number of carbonyl (C=O) groups is 2. The molecule has 0 heterocycles. The largest absolute Gasteiger partial charge is 0.289 e. The molecular formula is C56H78N2O6S2. The second-order valence-electron chi connectivity index (χ2n) is 19.1. The van der Waals surface area contributed by atoms with Crippen LogP contribution in [0.3, 0.4) is 0 Å². The summed E-state index contributed by atoms with van der Waals surface area (Å²) in [6, 6.07) is 24.4. The van der Waals surface area contributed by atoms with Gasteiger partial charge in [-0.1, -0.05) is 204 Å². The van der Waals surface area contributed by atoms with Gasteiger partial charge in [0, 0.05) is 33.4 Å². The molecule has 0 bridgehead atoms. The Morgan fingerprint density at radius 1 is 0.379 bits per heavy atom. The maximum absolute atomic E-state index is 14.8. The van der Waals surface area contributed by atoms with Crippen molar-refractivity contribution in [3.05, 3.63) is 107 Å². The van der Waals surface area contributed by atoms with Gasteiger partial charge in [0.2, 0.25) is 20.0 Å². The lowest BCUT2D eigenvalue weighted by Gasteiger charge is -2.26. The van der Waals surface area contributed by atoms with Crippen molar-refractivity contribution in [2.45, 2.75) is 157 Å². The topological polar surface area (TPSA) is 126 Å². The summed E-state index contributed by atoms with van der Waals surface area (Å²) in [5, 5.41) is 0. The molecule has 10 heteroatoms. The van der Waals surface area contributed by atoms with Crippen molar-refractivity contribution in [1.29, 1.82) is 0 Å². The molecule has 4 unspecified atom stereocenters. The zero-order valence-corrected chi connectivity index (χ0v) is 42.4. The van der Waals surface area contributed by atoms with Gasteiger partial charge in [-0.25, -0.2) is 16.8 Å². The predicted molar refractivity (Wildman–Crippen MR) is 277 cm³/mol. The van der Waals surface area contributed by atoms with E-state index in [9.17, 15) is 26.4 Å². The minimum Gasteiger partial charge on any atom is -0.289 e. The molecule has 0 radical (unpaired) electrons. The quantitative estimate of drug-likeness (QED) is 0.0442. The van der Waals surface area contributed by atoms with Crippen LogP contribution in [0.4, 0.5) is 11.4 Å². The third-order valence-electron chi connectivity index (χ3n) is 13.5. The van der Waals surface area contributed by atoms with Crippen LogP contribution in [-0.2, 0) is 20.0 Å². The number of nitrogens with one attached hydrogen (secondary N) is 2. The summed E-state index contributed by atoms with van der Waals surface area (Å²) < 4.78 is 62.6. The number of benzene rings is 4. The van der Waals surface area contributed by atoms with Crippen LogP contribution >= 0.6 is 0 Å². The number of unbranched alkanes of at least 4 members (excludes halogenated alkanes) is 4. The maximum Gasteiger partial charge on any atom is 0.233 e. The van der Waals surface area contributed by atoms with Crippen LogP contribution in [-0.4, -0.2) is 39.9 Å². The molecule has 4 aromatic rings. The van der Waals surface area contributed by atoms with Gasteiger partial charge in [0.25, 0.3) is 0 Å². The van der Waals surface area contributed by atoms with Crippen molar-refractivity contribution >= 4 is 43.0 Å². The normalized spacial score (nSPS) is 14.6. The van der Waals surface area contributed by atoms with E-state index < -0.39 is 20.0 Å². The van der Waals surface area contributed by atoms with Gasteiger partial charge in [0.05, 0.1) is 22.9 Å². The zero-order valence-electron chi connectivity index (χ0n) is 40.8. The van der Waals surface area contributed by atoms with Crippen molar-refractivity contribution in [1.82, 2.24) is 0 Å². The molecule has 1 aliphatic rings. The highest BCUT2D eigenvalue weighted by Gasteiger charge is 2.36. The van der Waals surface area contributed by atoms with Gasteiger partial charge in [-0.3, -0.25) is 19.0 Å². The van der Waals surface area contributed by atoms with Crippen LogP contribution in [0.5, 0.6) is 0 Å². The van der Waals surface area contributed by atoms with Crippen LogP contribution in [0.25, 0.3) is 22.3 Å². The molecule has 0 spiro atoms. The van der Waals surface area contributed by atoms with Gasteiger partial charge in [-0.15, -0.1) is 0 Å². The predicted octanol–water partition coefficient (Wildman–Crippen LogP) is 14.9. The van der Waals surface area contributed by atoms with E-state index in [-0.39, 0.29) is 57.2 Å². The first kappa shape index (κ1) is 52.7. The third kappa shape index (κ3) is 14.4. The standard InChI is InChI=1S/C56H78N2O6S2/c1-7-13-15-27-41(23-9-3)37-43(25-11-5)39-65(61,62)57-51-33-21-19-29-45(51)47-35-36-48(54-53(47)55(59)49-31-17-18-32-50(49)56(54)60)46-30-20-22-34-52(46)58-66(63,64)40-44(26-12-6)38-42(24-10-4)28-16-14-8-2/h17-22,29-36,41-44,57-58H,7-16,23-28,37-40H2,1-6H3. The summed E-state index contributed by atoms with van der Waals surface area (Å²) in [6.45, 7) is 13.0. The fraction of sp³-hybridized carbons (Fsp3) is 0.536. The lowest BCUT2D eigenvalue weighted by atomic mass is 9.77. The summed E-state index contributed by atoms with van der Waals surface area (Å²) in [4.78, 5) is 29.6. The average Bonchev–Trinajstić information content (AvgIpc) is 3.28. The SMILES string of the molecule is CCCCCC(CCC)CC(CCC)CS(=O)(=O)Nc1ccccc1-c1ccc(-c2ccccc2NS(=O)(=O)CC(CCC)CC(CCC)CCCCC)c2c1C(=O)c1ccccc1C2=O. The molecule has 360 valence electrons. The highest BCUT2D eigenvalue weighted by Crippen LogP contribution is 2.44. The van der Waals surface area contributed by atoms with Gasteiger partial charge < -0.3 is 0 Å². The molecular weight excluding hydrogens is 861 g/mol. The monoisotopic (exact) mass is 939 g/mol. The number of para-hydroxylation sites is 2. The zero-order chi connectivity index (χ0) is 47.7. The van der Waals surface area contributed by atoms with Gasteiger partial charge in [-0.05, 0) is 72.6 Å². The smallest absolute Gasteiger partial charge is 0.233 e. The number of rotatable bonds is 30. The lowest BCUT2D eigenvalue weighted by molar-refractivity contribution is 0.0980. The molecule has 8 nitrogen and oxygen atoms in total. The van der Waals surface area contributed by atoms with Crippen molar-refractivity contribution in [3.63, 3.8) is 0 Å². The number of anilines is 2. The molecule has 0 amide bonds. The number of hydrogen-bond acceptors (Lipinski definition) is 6. The summed E-state index contributed by atoms with van der Waals surface area (Å²) in [6.07, 6.45) is 18.7. The Balaban J connectivity index is 1.53. The number of hydrogen-bond donors (Lipinski definition) is 2. The van der Waals surface area contributed by atoms with Crippen molar-refractivity contribution in [2.75, 3.05) is 20.9 Å². The summed E-state index contributed by atoms with van der Waals surface area (Å²) in [5.41, 5.74) is 3.31.